The number of piperidine rings is 1. The summed E-state index contributed by atoms with van der Waals surface area (Å²) >= 11 is 5.75. The fourth-order valence-corrected chi connectivity index (χ4v) is 4.78. The number of nitro benzene ring substituents is 1. The monoisotopic (exact) mass is 347 g/mol. The highest BCUT2D eigenvalue weighted by Crippen LogP contribution is 2.33. The zero-order valence-corrected chi connectivity index (χ0v) is 13.5. The van der Waals surface area contributed by atoms with Crippen molar-refractivity contribution in [3.63, 3.8) is 0 Å². The lowest BCUT2D eigenvalue weighted by Gasteiger charge is -2.34. The van der Waals surface area contributed by atoms with E-state index in [-0.39, 0.29) is 16.0 Å². The number of sulfonamides is 1. The lowest BCUT2D eigenvalue weighted by molar-refractivity contribution is -0.387. The Hall–Kier alpha value is -1.22. The standard InChI is InChI=1S/C13H18ClN3O4S/c14-10-4-5-13(12(9-10)17(18)19)22(20,21)16-8-2-1-3-11(16)6-7-15/h4-5,9,11H,1-3,6-8,15H2. The Morgan fingerprint density at radius 1 is 1.41 bits per heavy atom. The van der Waals surface area contributed by atoms with Crippen LogP contribution in [-0.4, -0.2) is 36.8 Å². The van der Waals surface area contributed by atoms with E-state index in [1.54, 1.807) is 0 Å². The Labute approximate surface area is 134 Å². The van der Waals surface area contributed by atoms with Gasteiger partial charge in [-0.2, -0.15) is 4.31 Å². The molecule has 1 unspecified atom stereocenters. The summed E-state index contributed by atoms with van der Waals surface area (Å²) in [6, 6.07) is 3.41. The average Bonchev–Trinajstić information content (AvgIpc) is 2.47. The molecule has 2 rings (SSSR count). The van der Waals surface area contributed by atoms with E-state index in [1.165, 1.54) is 16.4 Å². The van der Waals surface area contributed by atoms with Gasteiger partial charge in [-0.3, -0.25) is 10.1 Å². The van der Waals surface area contributed by atoms with Gasteiger partial charge >= 0.3 is 0 Å². The maximum Gasteiger partial charge on any atom is 0.290 e. The largest absolute Gasteiger partial charge is 0.330 e. The van der Waals surface area contributed by atoms with E-state index in [1.807, 2.05) is 0 Å². The van der Waals surface area contributed by atoms with E-state index in [4.69, 9.17) is 17.3 Å². The van der Waals surface area contributed by atoms with Crippen LogP contribution in [0, 0.1) is 10.1 Å². The first-order chi connectivity index (χ1) is 10.4. The van der Waals surface area contributed by atoms with Crippen molar-refractivity contribution in [2.45, 2.75) is 36.6 Å². The summed E-state index contributed by atoms with van der Waals surface area (Å²) < 4.78 is 27.0. The zero-order valence-electron chi connectivity index (χ0n) is 11.9. The van der Waals surface area contributed by atoms with Gasteiger partial charge in [-0.05, 0) is 37.9 Å². The van der Waals surface area contributed by atoms with Gasteiger partial charge in [-0.1, -0.05) is 18.0 Å². The van der Waals surface area contributed by atoms with Crippen LogP contribution in [0.1, 0.15) is 25.7 Å². The highest BCUT2D eigenvalue weighted by atomic mass is 35.5. The second-order valence-corrected chi connectivity index (χ2v) is 7.51. The van der Waals surface area contributed by atoms with Gasteiger partial charge in [-0.15, -0.1) is 0 Å². The van der Waals surface area contributed by atoms with E-state index in [9.17, 15) is 18.5 Å². The number of hydrogen-bond acceptors (Lipinski definition) is 5. The number of nitrogens with zero attached hydrogens (tertiary/aromatic N) is 2. The van der Waals surface area contributed by atoms with Crippen LogP contribution in [-0.2, 0) is 10.0 Å². The van der Waals surface area contributed by atoms with Crippen molar-refractivity contribution in [1.82, 2.24) is 4.31 Å². The summed E-state index contributed by atoms with van der Waals surface area (Å²) in [4.78, 5) is 10.1. The van der Waals surface area contributed by atoms with Gasteiger partial charge in [0.25, 0.3) is 5.69 Å². The van der Waals surface area contributed by atoms with Crippen LogP contribution < -0.4 is 5.73 Å². The molecule has 1 heterocycles. The molecular formula is C13H18ClN3O4S. The van der Waals surface area contributed by atoms with Gasteiger partial charge in [0.2, 0.25) is 10.0 Å². The highest BCUT2D eigenvalue weighted by Gasteiger charge is 2.37. The molecule has 0 aliphatic carbocycles. The molecule has 1 fully saturated rings. The van der Waals surface area contributed by atoms with Gasteiger partial charge in [0.05, 0.1) is 4.92 Å². The Kier molecular flexibility index (Phi) is 5.38. The van der Waals surface area contributed by atoms with Gasteiger partial charge in [0.15, 0.2) is 4.90 Å². The number of nitro groups is 1. The molecule has 1 aliphatic heterocycles. The molecule has 0 amide bonds. The van der Waals surface area contributed by atoms with Crippen molar-refractivity contribution in [2.24, 2.45) is 5.73 Å². The van der Waals surface area contributed by atoms with Crippen LogP contribution in [0.3, 0.4) is 0 Å². The second-order valence-electron chi connectivity index (χ2n) is 5.21. The molecule has 0 bridgehead atoms. The molecule has 0 radical (unpaired) electrons. The minimum absolute atomic E-state index is 0.128. The third kappa shape index (κ3) is 3.40. The Morgan fingerprint density at radius 2 is 2.14 bits per heavy atom. The van der Waals surface area contributed by atoms with Crippen molar-refractivity contribution in [3.8, 4) is 0 Å². The predicted octanol–water partition coefficient (Wildman–Crippen LogP) is 2.14. The van der Waals surface area contributed by atoms with E-state index in [0.717, 1.165) is 25.3 Å². The Bertz CT molecular complexity index is 663. The third-order valence-corrected chi connectivity index (χ3v) is 6.01. The summed E-state index contributed by atoms with van der Waals surface area (Å²) in [6.45, 7) is 0.728. The number of benzene rings is 1. The van der Waals surface area contributed by atoms with Crippen LogP contribution >= 0.6 is 11.6 Å². The first kappa shape index (κ1) is 17.1. The summed E-state index contributed by atoms with van der Waals surface area (Å²) in [5.41, 5.74) is 5.06. The number of rotatable bonds is 5. The molecule has 7 nitrogen and oxygen atoms in total. The maximum absolute atomic E-state index is 12.8. The van der Waals surface area contributed by atoms with Crippen LogP contribution in [0.4, 0.5) is 5.69 Å². The van der Waals surface area contributed by atoms with Crippen molar-refractivity contribution in [3.05, 3.63) is 33.3 Å². The smallest absolute Gasteiger partial charge is 0.290 e. The summed E-state index contributed by atoms with van der Waals surface area (Å²) in [5.74, 6) is 0. The van der Waals surface area contributed by atoms with Gasteiger partial charge in [0.1, 0.15) is 0 Å². The lowest BCUT2D eigenvalue weighted by Crippen LogP contribution is -2.44. The van der Waals surface area contributed by atoms with Crippen LogP contribution in [0.5, 0.6) is 0 Å². The van der Waals surface area contributed by atoms with Crippen LogP contribution in [0.2, 0.25) is 5.02 Å². The predicted molar refractivity (Wildman–Crippen MR) is 83.3 cm³/mol. The molecule has 122 valence electrons. The summed E-state index contributed by atoms with van der Waals surface area (Å²) in [6.07, 6.45) is 2.93. The van der Waals surface area contributed by atoms with Crippen molar-refractivity contribution < 1.29 is 13.3 Å². The highest BCUT2D eigenvalue weighted by molar-refractivity contribution is 7.89. The molecule has 1 saturated heterocycles. The SMILES string of the molecule is NCCC1CCCCN1S(=O)(=O)c1ccc(Cl)cc1[N+](=O)[O-]. The molecule has 0 aromatic heterocycles. The number of nitrogens with two attached hydrogens (primary N) is 1. The molecule has 9 heteroatoms. The van der Waals surface area contributed by atoms with Crippen molar-refractivity contribution in [2.75, 3.05) is 13.1 Å². The van der Waals surface area contributed by atoms with E-state index in [2.05, 4.69) is 0 Å². The fourth-order valence-electron chi connectivity index (χ4n) is 2.75. The quantitative estimate of drug-likeness (QED) is 0.648. The van der Waals surface area contributed by atoms with E-state index >= 15 is 0 Å². The van der Waals surface area contributed by atoms with Gasteiger partial charge in [0, 0.05) is 23.7 Å². The number of hydrogen-bond donors (Lipinski definition) is 1. The van der Waals surface area contributed by atoms with Gasteiger partial charge < -0.3 is 5.73 Å². The molecule has 2 N–H and O–H groups in total. The topological polar surface area (TPSA) is 107 Å². The number of halogens is 1. The molecule has 1 atom stereocenters. The van der Waals surface area contributed by atoms with Crippen LogP contribution in [0.25, 0.3) is 0 Å². The normalized spacial score (nSPS) is 20.0. The molecule has 0 spiro atoms. The molecule has 1 aromatic rings. The maximum atomic E-state index is 12.8. The summed E-state index contributed by atoms with van der Waals surface area (Å²) in [7, 11) is -3.95. The van der Waals surface area contributed by atoms with Crippen molar-refractivity contribution >= 4 is 27.3 Å². The Morgan fingerprint density at radius 3 is 2.77 bits per heavy atom. The summed E-state index contributed by atoms with van der Waals surface area (Å²) in [5, 5.41) is 11.3. The minimum Gasteiger partial charge on any atom is -0.330 e. The third-order valence-electron chi connectivity index (χ3n) is 3.78. The first-order valence-corrected chi connectivity index (χ1v) is 8.85. The Balaban J connectivity index is 2.47. The van der Waals surface area contributed by atoms with Crippen LogP contribution in [0.15, 0.2) is 23.1 Å². The molecule has 1 aliphatic rings. The van der Waals surface area contributed by atoms with Crippen molar-refractivity contribution in [1.29, 1.82) is 0 Å². The average molecular weight is 348 g/mol. The molecule has 0 saturated carbocycles. The molecule has 22 heavy (non-hydrogen) atoms. The lowest BCUT2D eigenvalue weighted by atomic mass is 10.0. The zero-order chi connectivity index (χ0) is 16.3. The molecule has 1 aromatic carbocycles. The van der Waals surface area contributed by atoms with Gasteiger partial charge in [-0.25, -0.2) is 8.42 Å². The van der Waals surface area contributed by atoms with E-state index in [0.29, 0.717) is 19.5 Å². The molecular weight excluding hydrogens is 330 g/mol. The first-order valence-electron chi connectivity index (χ1n) is 7.03. The minimum atomic E-state index is -3.95. The second kappa shape index (κ2) is 6.91. The fraction of sp³-hybridized carbons (Fsp3) is 0.538. The van der Waals surface area contributed by atoms with E-state index < -0.39 is 20.6 Å².